The van der Waals surface area contributed by atoms with Crippen molar-refractivity contribution in [2.45, 2.75) is 34.6 Å². The van der Waals surface area contributed by atoms with Gasteiger partial charge in [-0.25, -0.2) is 9.78 Å². The highest BCUT2D eigenvalue weighted by Gasteiger charge is 2.25. The molecule has 4 rings (SSSR count). The van der Waals surface area contributed by atoms with Crippen LogP contribution in [0.25, 0.3) is 22.5 Å². The van der Waals surface area contributed by atoms with Gasteiger partial charge in [0.05, 0.1) is 29.0 Å². The minimum Gasteiger partial charge on any atom is -0.461 e. The van der Waals surface area contributed by atoms with Gasteiger partial charge in [-0.05, 0) is 57.9 Å². The van der Waals surface area contributed by atoms with Gasteiger partial charge >= 0.3 is 5.97 Å². The third-order valence-corrected chi connectivity index (χ3v) is 4.93. The maximum atomic E-state index is 12.6. The zero-order valence-electron chi connectivity index (χ0n) is 16.3. The van der Waals surface area contributed by atoms with E-state index in [1.807, 2.05) is 36.4 Å². The topological polar surface area (TPSA) is 48.5 Å². The number of carbonyl (C=O) groups excluding carboxylic acids is 1. The monoisotopic (exact) mass is 361 g/mol. The number of hydrogen-bond acceptors (Lipinski definition) is 3. The van der Waals surface area contributed by atoms with Gasteiger partial charge in [0.25, 0.3) is 0 Å². The molecule has 4 aromatic rings. The summed E-state index contributed by atoms with van der Waals surface area (Å²) in [6.07, 6.45) is 0. The molecule has 138 valence electrons. The standard InChI is InChI=1S/C22H23N3O2/c1-6-27-21(26)20-16(5)23-22-24(17-9-7-8-10-18(17)25(20)22)19-14(3)11-13(2)12-15(19)4/h7-12H,6H2,1-5H3. The molecule has 0 aliphatic rings. The van der Waals surface area contributed by atoms with Crippen LogP contribution in [0.15, 0.2) is 36.4 Å². The van der Waals surface area contributed by atoms with Crippen LogP contribution in [-0.2, 0) is 4.74 Å². The second kappa shape index (κ2) is 6.27. The van der Waals surface area contributed by atoms with Gasteiger partial charge in [0.2, 0.25) is 5.78 Å². The van der Waals surface area contributed by atoms with Crippen LogP contribution < -0.4 is 0 Å². The summed E-state index contributed by atoms with van der Waals surface area (Å²) in [4.78, 5) is 17.4. The molecule has 0 spiro atoms. The van der Waals surface area contributed by atoms with E-state index in [4.69, 9.17) is 9.72 Å². The van der Waals surface area contributed by atoms with Crippen LogP contribution in [0.3, 0.4) is 0 Å². The lowest BCUT2D eigenvalue weighted by molar-refractivity contribution is 0.0518. The van der Waals surface area contributed by atoms with Crippen LogP contribution in [0.4, 0.5) is 0 Å². The Morgan fingerprint density at radius 1 is 1.04 bits per heavy atom. The van der Waals surface area contributed by atoms with E-state index < -0.39 is 0 Å². The maximum Gasteiger partial charge on any atom is 0.357 e. The first kappa shape index (κ1) is 17.3. The van der Waals surface area contributed by atoms with Crippen molar-refractivity contribution >= 4 is 22.8 Å². The highest BCUT2D eigenvalue weighted by atomic mass is 16.5. The van der Waals surface area contributed by atoms with Crippen molar-refractivity contribution in [1.29, 1.82) is 0 Å². The number of para-hydroxylation sites is 2. The van der Waals surface area contributed by atoms with E-state index in [1.165, 1.54) is 16.7 Å². The number of imidazole rings is 2. The summed E-state index contributed by atoms with van der Waals surface area (Å²) in [6.45, 7) is 10.3. The Kier molecular flexibility index (Phi) is 4.02. The molecular formula is C22H23N3O2. The predicted octanol–water partition coefficient (Wildman–Crippen LogP) is 4.69. The molecule has 2 aromatic heterocycles. The van der Waals surface area contributed by atoms with E-state index in [1.54, 1.807) is 0 Å². The number of aryl methyl sites for hydroxylation is 4. The number of nitrogens with zero attached hydrogens (tertiary/aromatic N) is 3. The first-order valence-corrected chi connectivity index (χ1v) is 9.17. The van der Waals surface area contributed by atoms with Crippen molar-refractivity contribution in [2.24, 2.45) is 0 Å². The largest absolute Gasteiger partial charge is 0.461 e. The summed E-state index contributed by atoms with van der Waals surface area (Å²) in [6, 6.07) is 12.4. The fourth-order valence-corrected chi connectivity index (χ4v) is 4.03. The number of ether oxygens (including phenoxy) is 1. The fraction of sp³-hybridized carbons (Fsp3) is 0.273. The van der Waals surface area contributed by atoms with Gasteiger partial charge in [0.1, 0.15) is 0 Å². The van der Waals surface area contributed by atoms with Gasteiger partial charge in [-0.15, -0.1) is 0 Å². The van der Waals surface area contributed by atoms with Crippen molar-refractivity contribution in [3.05, 3.63) is 64.5 Å². The quantitative estimate of drug-likeness (QED) is 0.498. The normalized spacial score (nSPS) is 11.4. The molecule has 0 aliphatic heterocycles. The minimum absolute atomic E-state index is 0.334. The summed E-state index contributed by atoms with van der Waals surface area (Å²) in [5.74, 6) is 0.384. The first-order valence-electron chi connectivity index (χ1n) is 9.17. The summed E-state index contributed by atoms with van der Waals surface area (Å²) in [5.41, 5.74) is 7.80. The smallest absolute Gasteiger partial charge is 0.357 e. The molecule has 0 unspecified atom stereocenters. The van der Waals surface area contributed by atoms with Crippen molar-refractivity contribution in [3.63, 3.8) is 0 Å². The van der Waals surface area contributed by atoms with Crippen LogP contribution in [0.1, 0.15) is 39.8 Å². The van der Waals surface area contributed by atoms with Crippen LogP contribution in [0, 0.1) is 27.7 Å². The molecule has 5 nitrogen and oxygen atoms in total. The number of esters is 1. The van der Waals surface area contributed by atoms with E-state index in [0.717, 1.165) is 22.5 Å². The average Bonchev–Trinajstić information content (AvgIpc) is 3.08. The zero-order valence-corrected chi connectivity index (χ0v) is 16.3. The second-order valence-corrected chi connectivity index (χ2v) is 6.97. The second-order valence-electron chi connectivity index (χ2n) is 6.97. The van der Waals surface area contributed by atoms with Gasteiger partial charge in [0, 0.05) is 0 Å². The van der Waals surface area contributed by atoms with Gasteiger partial charge in [-0.2, -0.15) is 0 Å². The SMILES string of the molecule is CCOC(=O)c1c(C)nc2n(-c3c(C)cc(C)cc3C)c3ccccc3n12. The maximum absolute atomic E-state index is 12.6. The van der Waals surface area contributed by atoms with Crippen molar-refractivity contribution in [1.82, 2.24) is 14.0 Å². The van der Waals surface area contributed by atoms with Gasteiger partial charge in [-0.3, -0.25) is 8.97 Å². The Labute approximate surface area is 158 Å². The van der Waals surface area contributed by atoms with Gasteiger partial charge in [0.15, 0.2) is 5.69 Å². The number of hydrogen-bond donors (Lipinski definition) is 0. The van der Waals surface area contributed by atoms with E-state index in [2.05, 4.69) is 43.5 Å². The molecule has 0 radical (unpaired) electrons. The molecule has 0 N–H and O–H groups in total. The highest BCUT2D eigenvalue weighted by molar-refractivity contribution is 5.94. The van der Waals surface area contributed by atoms with Crippen molar-refractivity contribution < 1.29 is 9.53 Å². The molecule has 5 heteroatoms. The fourth-order valence-electron chi connectivity index (χ4n) is 4.03. The van der Waals surface area contributed by atoms with E-state index in [9.17, 15) is 4.79 Å². The molecule has 0 bridgehead atoms. The highest BCUT2D eigenvalue weighted by Crippen LogP contribution is 2.31. The van der Waals surface area contributed by atoms with Crippen molar-refractivity contribution in [3.8, 4) is 5.69 Å². The Hall–Kier alpha value is -3.08. The number of carbonyl (C=O) groups is 1. The lowest BCUT2D eigenvalue weighted by Gasteiger charge is -2.13. The molecule has 0 saturated heterocycles. The number of aromatic nitrogens is 3. The minimum atomic E-state index is -0.345. The zero-order chi connectivity index (χ0) is 19.3. The molecule has 27 heavy (non-hydrogen) atoms. The molecule has 2 aromatic carbocycles. The average molecular weight is 361 g/mol. The molecule has 0 fully saturated rings. The van der Waals surface area contributed by atoms with Crippen LogP contribution in [0.5, 0.6) is 0 Å². The van der Waals surface area contributed by atoms with Gasteiger partial charge in [-0.1, -0.05) is 29.8 Å². The number of fused-ring (bicyclic) bond motifs is 3. The molecule has 0 amide bonds. The molecule has 0 atom stereocenters. The van der Waals surface area contributed by atoms with Gasteiger partial charge < -0.3 is 4.74 Å². The Morgan fingerprint density at radius 3 is 2.30 bits per heavy atom. The molecule has 0 aliphatic carbocycles. The Balaban J connectivity index is 2.17. The lowest BCUT2D eigenvalue weighted by atomic mass is 10.0. The Bertz CT molecular complexity index is 1170. The molecule has 2 heterocycles. The van der Waals surface area contributed by atoms with Crippen LogP contribution >= 0.6 is 0 Å². The predicted molar refractivity (Wildman–Crippen MR) is 107 cm³/mol. The summed E-state index contributed by atoms with van der Waals surface area (Å²) in [7, 11) is 0. The summed E-state index contributed by atoms with van der Waals surface area (Å²) >= 11 is 0. The van der Waals surface area contributed by atoms with Crippen molar-refractivity contribution in [2.75, 3.05) is 6.61 Å². The third-order valence-electron chi connectivity index (χ3n) is 4.93. The van der Waals surface area contributed by atoms with Crippen LogP contribution in [-0.4, -0.2) is 26.5 Å². The van der Waals surface area contributed by atoms with Crippen LogP contribution in [0.2, 0.25) is 0 Å². The summed E-state index contributed by atoms with van der Waals surface area (Å²) in [5, 5.41) is 0. The van der Waals surface area contributed by atoms with E-state index >= 15 is 0 Å². The summed E-state index contributed by atoms with van der Waals surface area (Å²) < 4.78 is 9.36. The number of rotatable bonds is 3. The first-order chi connectivity index (χ1) is 12.9. The molecule has 0 saturated carbocycles. The molecular weight excluding hydrogens is 338 g/mol. The van der Waals surface area contributed by atoms with E-state index in [0.29, 0.717) is 18.0 Å². The third kappa shape index (κ3) is 2.53. The number of benzene rings is 2. The Morgan fingerprint density at radius 2 is 1.67 bits per heavy atom. The van der Waals surface area contributed by atoms with E-state index in [-0.39, 0.29) is 5.97 Å². The lowest BCUT2D eigenvalue weighted by Crippen LogP contribution is -2.09.